The van der Waals surface area contributed by atoms with E-state index < -0.39 is 0 Å². The van der Waals surface area contributed by atoms with Crippen molar-refractivity contribution in [2.45, 2.75) is 44.0 Å². The maximum absolute atomic E-state index is 3.41. The second-order valence-corrected chi connectivity index (χ2v) is 5.27. The molecule has 0 aliphatic rings. The van der Waals surface area contributed by atoms with Gasteiger partial charge in [-0.3, -0.25) is 0 Å². The molecule has 1 rings (SSSR count). The zero-order valence-corrected chi connectivity index (χ0v) is 11.4. The Morgan fingerprint density at radius 2 is 2.06 bits per heavy atom. The van der Waals surface area contributed by atoms with Gasteiger partial charge in [0.15, 0.2) is 0 Å². The molecule has 2 heteroatoms. The van der Waals surface area contributed by atoms with Gasteiger partial charge in [-0.05, 0) is 32.0 Å². The molecular formula is C14H23NS. The molecule has 0 saturated carbocycles. The summed E-state index contributed by atoms with van der Waals surface area (Å²) in [4.78, 5) is 1.42. The summed E-state index contributed by atoms with van der Waals surface area (Å²) >= 11 is 1.97. The normalized spacial score (nSPS) is 12.7. The molecule has 0 aliphatic carbocycles. The third kappa shape index (κ3) is 4.58. The van der Waals surface area contributed by atoms with Crippen LogP contribution in [-0.2, 0) is 0 Å². The van der Waals surface area contributed by atoms with E-state index in [0.29, 0.717) is 6.04 Å². The fourth-order valence-corrected chi connectivity index (χ4v) is 2.85. The van der Waals surface area contributed by atoms with Gasteiger partial charge in [-0.15, -0.1) is 11.8 Å². The van der Waals surface area contributed by atoms with Gasteiger partial charge in [0.05, 0.1) is 0 Å². The van der Waals surface area contributed by atoms with Gasteiger partial charge in [0.25, 0.3) is 0 Å². The lowest BCUT2D eigenvalue weighted by atomic mass is 10.1. The standard InChI is InChI=1S/C14H23NS/c1-4-5-9-13(15-3)11-16-14-10-7-6-8-12(14)2/h6-8,10,13,15H,4-5,9,11H2,1-3H3. The summed E-state index contributed by atoms with van der Waals surface area (Å²) in [5.74, 6) is 1.17. The van der Waals surface area contributed by atoms with Crippen LogP contribution in [0.4, 0.5) is 0 Å². The largest absolute Gasteiger partial charge is 0.316 e. The van der Waals surface area contributed by atoms with Crippen LogP contribution in [0.1, 0.15) is 31.7 Å². The molecule has 0 radical (unpaired) electrons. The number of hydrogen-bond acceptors (Lipinski definition) is 2. The smallest absolute Gasteiger partial charge is 0.0158 e. The summed E-state index contributed by atoms with van der Waals surface area (Å²) in [6.45, 7) is 4.43. The highest BCUT2D eigenvalue weighted by molar-refractivity contribution is 7.99. The first-order valence-electron chi connectivity index (χ1n) is 6.13. The van der Waals surface area contributed by atoms with Crippen LogP contribution < -0.4 is 5.32 Å². The van der Waals surface area contributed by atoms with Gasteiger partial charge in [0.2, 0.25) is 0 Å². The topological polar surface area (TPSA) is 12.0 Å². The Balaban J connectivity index is 2.40. The highest BCUT2D eigenvalue weighted by Crippen LogP contribution is 2.23. The van der Waals surface area contributed by atoms with Crippen molar-refractivity contribution in [2.75, 3.05) is 12.8 Å². The van der Waals surface area contributed by atoms with E-state index in [1.807, 2.05) is 11.8 Å². The van der Waals surface area contributed by atoms with E-state index in [9.17, 15) is 0 Å². The van der Waals surface area contributed by atoms with Gasteiger partial charge >= 0.3 is 0 Å². The highest BCUT2D eigenvalue weighted by atomic mass is 32.2. The second-order valence-electron chi connectivity index (χ2n) is 4.20. The van der Waals surface area contributed by atoms with E-state index >= 15 is 0 Å². The van der Waals surface area contributed by atoms with Crippen molar-refractivity contribution in [3.8, 4) is 0 Å². The average molecular weight is 237 g/mol. The molecule has 0 amide bonds. The lowest BCUT2D eigenvalue weighted by molar-refractivity contribution is 0.544. The SMILES string of the molecule is CCCCC(CSc1ccccc1C)NC. The molecule has 1 atom stereocenters. The summed E-state index contributed by atoms with van der Waals surface area (Å²) in [7, 11) is 2.07. The average Bonchev–Trinajstić information content (AvgIpc) is 2.31. The monoisotopic (exact) mass is 237 g/mol. The number of nitrogens with one attached hydrogen (secondary N) is 1. The number of thioether (sulfide) groups is 1. The molecule has 0 fully saturated rings. The maximum atomic E-state index is 3.41. The van der Waals surface area contributed by atoms with Crippen molar-refractivity contribution in [3.05, 3.63) is 29.8 Å². The second kappa shape index (κ2) is 7.75. The Hall–Kier alpha value is -0.470. The number of rotatable bonds is 7. The minimum atomic E-state index is 0.643. The summed E-state index contributed by atoms with van der Waals surface area (Å²) in [5.41, 5.74) is 1.39. The van der Waals surface area contributed by atoms with Crippen molar-refractivity contribution in [2.24, 2.45) is 0 Å². The van der Waals surface area contributed by atoms with Crippen molar-refractivity contribution in [1.29, 1.82) is 0 Å². The van der Waals surface area contributed by atoms with Crippen molar-refractivity contribution in [1.82, 2.24) is 5.32 Å². The van der Waals surface area contributed by atoms with Crippen LogP contribution in [0.25, 0.3) is 0 Å². The Morgan fingerprint density at radius 1 is 1.31 bits per heavy atom. The van der Waals surface area contributed by atoms with Gasteiger partial charge in [-0.25, -0.2) is 0 Å². The Morgan fingerprint density at radius 3 is 2.69 bits per heavy atom. The third-order valence-electron chi connectivity index (χ3n) is 2.85. The van der Waals surface area contributed by atoms with Crippen LogP contribution in [0, 0.1) is 6.92 Å². The van der Waals surface area contributed by atoms with E-state index in [2.05, 4.69) is 50.5 Å². The molecular weight excluding hydrogens is 214 g/mol. The molecule has 0 saturated heterocycles. The molecule has 1 aromatic carbocycles. The molecule has 1 unspecified atom stereocenters. The van der Waals surface area contributed by atoms with Crippen LogP contribution in [0.2, 0.25) is 0 Å². The predicted octanol–water partition coefficient (Wildman–Crippen LogP) is 3.87. The zero-order valence-electron chi connectivity index (χ0n) is 10.6. The van der Waals surface area contributed by atoms with Crippen LogP contribution in [-0.4, -0.2) is 18.8 Å². The minimum Gasteiger partial charge on any atom is -0.316 e. The fraction of sp³-hybridized carbons (Fsp3) is 0.571. The van der Waals surface area contributed by atoms with Crippen molar-refractivity contribution in [3.63, 3.8) is 0 Å². The van der Waals surface area contributed by atoms with E-state index in [1.165, 1.54) is 35.5 Å². The molecule has 16 heavy (non-hydrogen) atoms. The number of aryl methyl sites for hydroxylation is 1. The first-order chi connectivity index (χ1) is 7.77. The molecule has 0 aromatic heterocycles. The van der Waals surface area contributed by atoms with E-state index in [-0.39, 0.29) is 0 Å². The molecule has 90 valence electrons. The van der Waals surface area contributed by atoms with Gasteiger partial charge in [0, 0.05) is 16.7 Å². The zero-order chi connectivity index (χ0) is 11.8. The first-order valence-corrected chi connectivity index (χ1v) is 7.12. The van der Waals surface area contributed by atoms with Crippen molar-refractivity contribution >= 4 is 11.8 Å². The lowest BCUT2D eigenvalue weighted by Crippen LogP contribution is -2.27. The van der Waals surface area contributed by atoms with E-state index in [0.717, 1.165) is 0 Å². The van der Waals surface area contributed by atoms with Gasteiger partial charge in [-0.1, -0.05) is 38.0 Å². The number of benzene rings is 1. The molecule has 0 heterocycles. The molecule has 0 spiro atoms. The molecule has 0 aliphatic heterocycles. The van der Waals surface area contributed by atoms with E-state index in [1.54, 1.807) is 0 Å². The Labute approximate surface area is 104 Å². The van der Waals surface area contributed by atoms with Gasteiger partial charge in [0.1, 0.15) is 0 Å². The van der Waals surface area contributed by atoms with Crippen LogP contribution in [0.15, 0.2) is 29.2 Å². The Kier molecular flexibility index (Phi) is 6.58. The minimum absolute atomic E-state index is 0.643. The van der Waals surface area contributed by atoms with Crippen LogP contribution >= 0.6 is 11.8 Å². The molecule has 1 nitrogen and oxygen atoms in total. The van der Waals surface area contributed by atoms with Crippen LogP contribution in [0.3, 0.4) is 0 Å². The van der Waals surface area contributed by atoms with E-state index in [4.69, 9.17) is 0 Å². The van der Waals surface area contributed by atoms with Crippen molar-refractivity contribution < 1.29 is 0 Å². The maximum Gasteiger partial charge on any atom is 0.0158 e. The number of unbranched alkanes of at least 4 members (excludes halogenated alkanes) is 1. The molecule has 1 N–H and O–H groups in total. The molecule has 0 bridgehead atoms. The molecule has 1 aromatic rings. The fourth-order valence-electron chi connectivity index (χ4n) is 1.67. The highest BCUT2D eigenvalue weighted by Gasteiger charge is 2.06. The van der Waals surface area contributed by atoms with Gasteiger partial charge in [-0.2, -0.15) is 0 Å². The lowest BCUT2D eigenvalue weighted by Gasteiger charge is -2.15. The predicted molar refractivity (Wildman–Crippen MR) is 74.3 cm³/mol. The third-order valence-corrected chi connectivity index (χ3v) is 4.19. The Bertz CT molecular complexity index is 299. The van der Waals surface area contributed by atoms with Crippen LogP contribution in [0.5, 0.6) is 0 Å². The summed E-state index contributed by atoms with van der Waals surface area (Å²) in [6.07, 6.45) is 3.89. The summed E-state index contributed by atoms with van der Waals surface area (Å²) in [6, 6.07) is 9.27. The first kappa shape index (κ1) is 13.6. The quantitative estimate of drug-likeness (QED) is 0.723. The van der Waals surface area contributed by atoms with Gasteiger partial charge < -0.3 is 5.32 Å². The summed E-state index contributed by atoms with van der Waals surface area (Å²) in [5, 5.41) is 3.41. The summed E-state index contributed by atoms with van der Waals surface area (Å²) < 4.78 is 0. The number of hydrogen-bond donors (Lipinski definition) is 1.